The molecule has 0 spiro atoms. The molecule has 1 aromatic carbocycles. The molecule has 1 aliphatic heterocycles. The van der Waals surface area contributed by atoms with Crippen LogP contribution in [0, 0.1) is 12.8 Å². The maximum absolute atomic E-state index is 12.7. The van der Waals surface area contributed by atoms with Crippen molar-refractivity contribution in [2.75, 3.05) is 13.1 Å². The van der Waals surface area contributed by atoms with Crippen molar-refractivity contribution in [3.63, 3.8) is 0 Å². The van der Waals surface area contributed by atoms with E-state index in [1.807, 2.05) is 0 Å². The zero-order valence-electron chi connectivity index (χ0n) is 13.1. The van der Waals surface area contributed by atoms with E-state index < -0.39 is 11.9 Å². The van der Waals surface area contributed by atoms with Crippen molar-refractivity contribution in [1.82, 2.24) is 19.9 Å². The average molecular weight is 349 g/mol. The van der Waals surface area contributed by atoms with Crippen LogP contribution in [0.25, 0.3) is 5.69 Å². The predicted molar refractivity (Wildman–Crippen MR) is 87.4 cm³/mol. The van der Waals surface area contributed by atoms with Crippen molar-refractivity contribution in [1.29, 1.82) is 0 Å². The highest BCUT2D eigenvalue weighted by atomic mass is 35.5. The third-order valence-electron chi connectivity index (χ3n) is 4.08. The van der Waals surface area contributed by atoms with Gasteiger partial charge in [-0.1, -0.05) is 17.7 Å². The Hall–Kier alpha value is -2.41. The number of likely N-dealkylation sites (tertiary alicyclic amines) is 1. The number of nitrogens with zero attached hydrogens (tertiary/aromatic N) is 4. The van der Waals surface area contributed by atoms with E-state index >= 15 is 0 Å². The van der Waals surface area contributed by atoms with Crippen LogP contribution < -0.4 is 0 Å². The predicted octanol–water partition coefficient (Wildman–Crippen LogP) is 2.17. The Kier molecular flexibility index (Phi) is 4.53. The van der Waals surface area contributed by atoms with E-state index in [2.05, 4.69) is 10.2 Å². The molecule has 1 fully saturated rings. The molecule has 0 bridgehead atoms. The highest BCUT2D eigenvalue weighted by Gasteiger charge is 2.30. The Balaban J connectivity index is 1.84. The fourth-order valence-electron chi connectivity index (χ4n) is 2.81. The first-order valence-electron chi connectivity index (χ1n) is 7.67. The number of aromatic nitrogens is 3. The minimum atomic E-state index is -0.869. The summed E-state index contributed by atoms with van der Waals surface area (Å²) in [5.74, 6) is -1.68. The van der Waals surface area contributed by atoms with Crippen LogP contribution in [0.5, 0.6) is 0 Å². The van der Waals surface area contributed by atoms with Crippen LogP contribution in [0.15, 0.2) is 24.3 Å². The van der Waals surface area contributed by atoms with E-state index in [1.54, 1.807) is 36.1 Å². The first kappa shape index (κ1) is 16.4. The Labute approximate surface area is 143 Å². The number of amides is 1. The van der Waals surface area contributed by atoms with Crippen LogP contribution in [0.2, 0.25) is 5.02 Å². The van der Waals surface area contributed by atoms with Crippen molar-refractivity contribution >= 4 is 23.5 Å². The number of carboxylic acids is 1. The smallest absolute Gasteiger partial charge is 0.308 e. The molecule has 1 aromatic heterocycles. The molecule has 7 nitrogen and oxygen atoms in total. The van der Waals surface area contributed by atoms with Crippen LogP contribution in [-0.2, 0) is 4.79 Å². The largest absolute Gasteiger partial charge is 0.481 e. The van der Waals surface area contributed by atoms with Crippen molar-refractivity contribution in [3.05, 3.63) is 40.7 Å². The Morgan fingerprint density at radius 1 is 1.33 bits per heavy atom. The van der Waals surface area contributed by atoms with E-state index in [9.17, 15) is 9.59 Å². The fourth-order valence-corrected chi connectivity index (χ4v) is 2.99. The summed E-state index contributed by atoms with van der Waals surface area (Å²) in [6, 6.07) is 7.02. The topological polar surface area (TPSA) is 88.3 Å². The van der Waals surface area contributed by atoms with Crippen molar-refractivity contribution in [2.45, 2.75) is 19.8 Å². The third kappa shape index (κ3) is 3.26. The summed E-state index contributed by atoms with van der Waals surface area (Å²) in [4.78, 5) is 26.8. The molecule has 0 radical (unpaired) electrons. The van der Waals surface area contributed by atoms with Gasteiger partial charge in [0.05, 0.1) is 17.3 Å². The Bertz CT molecular complexity index is 789. The number of carbonyl (C=O) groups is 2. The van der Waals surface area contributed by atoms with Gasteiger partial charge < -0.3 is 10.0 Å². The maximum atomic E-state index is 12.7. The monoisotopic (exact) mass is 348 g/mol. The standard InChI is InChI=1S/C16H17ClN4O3/c1-10-14(15(22)20-7-3-4-11(9-20)16(23)24)19-21(18-10)13-6-2-5-12(17)8-13/h2,5-6,8,11H,3-4,7,9H2,1H3,(H,23,24)/t11-/m0/s1. The first-order valence-corrected chi connectivity index (χ1v) is 8.05. The average Bonchev–Trinajstić information content (AvgIpc) is 2.96. The summed E-state index contributed by atoms with van der Waals surface area (Å²) in [6.45, 7) is 2.45. The molecule has 0 aliphatic carbocycles. The van der Waals surface area contributed by atoms with Crippen LogP contribution in [0.4, 0.5) is 0 Å². The number of carboxylic acid groups (broad SMARTS) is 1. The lowest BCUT2D eigenvalue weighted by molar-refractivity contribution is -0.143. The van der Waals surface area contributed by atoms with Gasteiger partial charge in [-0.05, 0) is 38.0 Å². The number of hydrogen-bond acceptors (Lipinski definition) is 4. The lowest BCUT2D eigenvalue weighted by Crippen LogP contribution is -2.42. The molecule has 2 heterocycles. The second kappa shape index (κ2) is 6.60. The number of aliphatic carboxylic acids is 1. The molecule has 1 aliphatic rings. The maximum Gasteiger partial charge on any atom is 0.308 e. The molecule has 1 amide bonds. The van der Waals surface area contributed by atoms with E-state index in [-0.39, 0.29) is 18.1 Å². The second-order valence-corrected chi connectivity index (χ2v) is 6.27. The molecular weight excluding hydrogens is 332 g/mol. The normalized spacial score (nSPS) is 17.8. The second-order valence-electron chi connectivity index (χ2n) is 5.83. The highest BCUT2D eigenvalue weighted by molar-refractivity contribution is 6.30. The van der Waals surface area contributed by atoms with Gasteiger partial charge in [0, 0.05) is 18.1 Å². The molecule has 126 valence electrons. The summed E-state index contributed by atoms with van der Waals surface area (Å²) < 4.78 is 0. The summed E-state index contributed by atoms with van der Waals surface area (Å²) in [6.07, 6.45) is 1.26. The van der Waals surface area contributed by atoms with Gasteiger partial charge in [0.2, 0.25) is 0 Å². The molecule has 3 rings (SSSR count). The molecular formula is C16H17ClN4O3. The number of hydrogen-bond donors (Lipinski definition) is 1. The minimum absolute atomic E-state index is 0.206. The Morgan fingerprint density at radius 3 is 2.83 bits per heavy atom. The van der Waals surface area contributed by atoms with Gasteiger partial charge in [-0.2, -0.15) is 9.90 Å². The van der Waals surface area contributed by atoms with Crippen molar-refractivity contribution in [2.24, 2.45) is 5.92 Å². The number of rotatable bonds is 3. The van der Waals surface area contributed by atoms with Gasteiger partial charge in [-0.25, -0.2) is 0 Å². The van der Waals surface area contributed by atoms with Gasteiger partial charge in [0.1, 0.15) is 0 Å². The van der Waals surface area contributed by atoms with E-state index in [4.69, 9.17) is 16.7 Å². The van der Waals surface area contributed by atoms with E-state index in [0.717, 1.165) is 0 Å². The third-order valence-corrected chi connectivity index (χ3v) is 4.32. The van der Waals surface area contributed by atoms with Gasteiger partial charge in [-0.15, -0.1) is 5.10 Å². The molecule has 8 heteroatoms. The lowest BCUT2D eigenvalue weighted by Gasteiger charge is -2.30. The number of benzene rings is 1. The Morgan fingerprint density at radius 2 is 2.12 bits per heavy atom. The van der Waals surface area contributed by atoms with Crippen LogP contribution in [0.1, 0.15) is 29.0 Å². The summed E-state index contributed by atoms with van der Waals surface area (Å²) in [7, 11) is 0. The highest BCUT2D eigenvalue weighted by Crippen LogP contribution is 2.20. The SMILES string of the molecule is Cc1nn(-c2cccc(Cl)c2)nc1C(=O)N1CCC[C@H](C(=O)O)C1. The van der Waals surface area contributed by atoms with Crippen molar-refractivity contribution in [3.8, 4) is 5.69 Å². The van der Waals surface area contributed by atoms with Crippen LogP contribution >= 0.6 is 11.6 Å². The van der Waals surface area contributed by atoms with E-state index in [1.165, 1.54) is 4.80 Å². The van der Waals surface area contributed by atoms with Gasteiger partial charge in [0.25, 0.3) is 5.91 Å². The summed E-state index contributed by atoms with van der Waals surface area (Å²) in [5.41, 5.74) is 1.39. The number of carbonyl (C=O) groups excluding carboxylic acids is 1. The van der Waals surface area contributed by atoms with E-state index in [0.29, 0.717) is 35.8 Å². The number of piperidine rings is 1. The molecule has 1 N–H and O–H groups in total. The van der Waals surface area contributed by atoms with Crippen LogP contribution in [0.3, 0.4) is 0 Å². The zero-order chi connectivity index (χ0) is 17.3. The quantitative estimate of drug-likeness (QED) is 0.918. The fraction of sp³-hybridized carbons (Fsp3) is 0.375. The molecule has 24 heavy (non-hydrogen) atoms. The number of aryl methyl sites for hydroxylation is 1. The molecule has 2 aromatic rings. The summed E-state index contributed by atoms with van der Waals surface area (Å²) in [5, 5.41) is 18.3. The van der Waals surface area contributed by atoms with Gasteiger partial charge in [0.15, 0.2) is 5.69 Å². The minimum Gasteiger partial charge on any atom is -0.481 e. The van der Waals surface area contributed by atoms with Crippen LogP contribution in [-0.4, -0.2) is 50.0 Å². The summed E-state index contributed by atoms with van der Waals surface area (Å²) >= 11 is 5.97. The molecule has 1 atom stereocenters. The molecule has 1 saturated heterocycles. The lowest BCUT2D eigenvalue weighted by atomic mass is 9.98. The molecule has 0 saturated carbocycles. The van der Waals surface area contributed by atoms with Gasteiger partial charge >= 0.3 is 5.97 Å². The van der Waals surface area contributed by atoms with Crippen molar-refractivity contribution < 1.29 is 14.7 Å². The molecule has 0 unspecified atom stereocenters. The first-order chi connectivity index (χ1) is 11.5. The van der Waals surface area contributed by atoms with Gasteiger partial charge in [-0.3, -0.25) is 9.59 Å². The zero-order valence-corrected chi connectivity index (χ0v) is 13.9. The number of halogens is 1.